The summed E-state index contributed by atoms with van der Waals surface area (Å²) >= 11 is 0. The number of rotatable bonds is 9. The van der Waals surface area contributed by atoms with Crippen LogP contribution in [-0.2, 0) is 10.0 Å². The fourth-order valence-corrected chi connectivity index (χ4v) is 6.76. The van der Waals surface area contributed by atoms with Gasteiger partial charge in [0.15, 0.2) is 0 Å². The topological polar surface area (TPSA) is 40.6 Å². The molecule has 0 N–H and O–H groups in total. The molecule has 0 radical (unpaired) electrons. The average Bonchev–Trinajstić information content (AvgIpc) is 2.96. The smallest absolute Gasteiger partial charge is 0.243 e. The van der Waals surface area contributed by atoms with Crippen molar-refractivity contribution < 1.29 is 8.42 Å². The fourth-order valence-electron chi connectivity index (χ4n) is 5.44. The maximum Gasteiger partial charge on any atom is 0.243 e. The summed E-state index contributed by atoms with van der Waals surface area (Å²) in [4.78, 5) is 2.90. The van der Waals surface area contributed by atoms with Crippen molar-refractivity contribution in [3.63, 3.8) is 0 Å². The van der Waals surface area contributed by atoms with E-state index in [9.17, 15) is 8.42 Å². The molecule has 5 heteroatoms. The van der Waals surface area contributed by atoms with E-state index < -0.39 is 10.0 Å². The number of nitrogens with zero attached hydrogens (tertiary/aromatic N) is 2. The summed E-state index contributed by atoms with van der Waals surface area (Å²) < 4.78 is 29.6. The van der Waals surface area contributed by atoms with Gasteiger partial charge < -0.3 is 0 Å². The molecule has 0 aromatic heterocycles. The normalized spacial score (nSPS) is 18.2. The minimum absolute atomic E-state index is 0.318. The molecule has 42 heavy (non-hydrogen) atoms. The van der Waals surface area contributed by atoms with Gasteiger partial charge in [0.25, 0.3) is 0 Å². The molecule has 4 nitrogen and oxygen atoms in total. The van der Waals surface area contributed by atoms with Gasteiger partial charge in [-0.15, -0.1) is 0 Å². The molecule has 0 saturated heterocycles. The van der Waals surface area contributed by atoms with Gasteiger partial charge in [0, 0.05) is 26.2 Å². The van der Waals surface area contributed by atoms with E-state index in [2.05, 4.69) is 88.1 Å². The molecular formula is C37H48N2O2S. The summed E-state index contributed by atoms with van der Waals surface area (Å²) in [6.45, 7) is 16.0. The molecule has 4 rings (SSSR count). The largest absolute Gasteiger partial charge is 0.295 e. The Morgan fingerprint density at radius 2 is 1.17 bits per heavy atom. The third-order valence-electron chi connectivity index (χ3n) is 8.61. The van der Waals surface area contributed by atoms with Crippen molar-refractivity contribution in [3.8, 4) is 0 Å². The molecular weight excluding hydrogens is 536 g/mol. The van der Waals surface area contributed by atoms with Crippen molar-refractivity contribution >= 4 is 21.2 Å². The van der Waals surface area contributed by atoms with E-state index in [1.165, 1.54) is 63.8 Å². The molecule has 0 spiro atoms. The van der Waals surface area contributed by atoms with Gasteiger partial charge in [-0.25, -0.2) is 8.42 Å². The highest BCUT2D eigenvalue weighted by Gasteiger charge is 2.25. The summed E-state index contributed by atoms with van der Waals surface area (Å²) in [5.41, 5.74) is 10.8. The molecule has 0 atom stereocenters. The average molecular weight is 585 g/mol. The minimum Gasteiger partial charge on any atom is -0.295 e. The quantitative estimate of drug-likeness (QED) is 0.238. The molecule has 3 aromatic carbocycles. The molecule has 1 aliphatic heterocycles. The number of unbranched alkanes of at least 4 members (excludes halogenated alkanes) is 3. The highest BCUT2D eigenvalue weighted by molar-refractivity contribution is 7.89. The van der Waals surface area contributed by atoms with Gasteiger partial charge in [0.1, 0.15) is 0 Å². The predicted molar refractivity (Wildman–Crippen MR) is 178 cm³/mol. The fraction of sp³-hybridized carbons (Fsp3) is 0.405. The molecule has 0 fully saturated rings. The Morgan fingerprint density at radius 1 is 0.643 bits per heavy atom. The zero-order valence-electron chi connectivity index (χ0n) is 26.4. The number of hydrogen-bond acceptors (Lipinski definition) is 3. The van der Waals surface area contributed by atoms with E-state index in [0.717, 1.165) is 31.6 Å². The van der Waals surface area contributed by atoms with Crippen LogP contribution >= 0.6 is 0 Å². The Morgan fingerprint density at radius 3 is 1.64 bits per heavy atom. The monoisotopic (exact) mass is 584 g/mol. The second kappa shape index (κ2) is 14.5. The Labute approximate surface area is 254 Å². The van der Waals surface area contributed by atoms with Crippen LogP contribution in [-0.4, -0.2) is 50.3 Å². The lowest BCUT2D eigenvalue weighted by Gasteiger charge is -2.29. The summed E-state index contributed by atoms with van der Waals surface area (Å²) in [5.74, 6) is 0. The Bertz CT molecular complexity index is 1460. The van der Waals surface area contributed by atoms with Gasteiger partial charge in [0.2, 0.25) is 10.0 Å². The second-order valence-corrected chi connectivity index (χ2v) is 13.9. The molecule has 224 valence electrons. The lowest BCUT2D eigenvalue weighted by Crippen LogP contribution is -2.34. The number of benzene rings is 3. The summed E-state index contributed by atoms with van der Waals surface area (Å²) in [7, 11) is -3.69. The molecule has 0 bridgehead atoms. The minimum atomic E-state index is -3.69. The van der Waals surface area contributed by atoms with E-state index in [1.807, 2.05) is 19.1 Å². The van der Waals surface area contributed by atoms with E-state index in [0.29, 0.717) is 18.0 Å². The lowest BCUT2D eigenvalue weighted by molar-refractivity contribution is 0.332. The number of aryl methyl sites for hydroxylation is 5. The molecule has 0 aliphatic carbocycles. The third-order valence-corrected chi connectivity index (χ3v) is 10.5. The van der Waals surface area contributed by atoms with E-state index in [1.54, 1.807) is 16.4 Å². The first-order valence-corrected chi connectivity index (χ1v) is 16.8. The first kappa shape index (κ1) is 31.9. The van der Waals surface area contributed by atoms with E-state index in [4.69, 9.17) is 0 Å². The van der Waals surface area contributed by atoms with Crippen molar-refractivity contribution in [2.24, 2.45) is 0 Å². The van der Waals surface area contributed by atoms with Crippen LogP contribution in [0.5, 0.6) is 0 Å². The predicted octanol–water partition coefficient (Wildman–Crippen LogP) is 8.28. The van der Waals surface area contributed by atoms with Crippen LogP contribution in [0, 0.1) is 34.6 Å². The van der Waals surface area contributed by atoms with Crippen LogP contribution < -0.4 is 0 Å². The van der Waals surface area contributed by atoms with Crippen molar-refractivity contribution in [1.29, 1.82) is 0 Å². The van der Waals surface area contributed by atoms with Crippen molar-refractivity contribution in [1.82, 2.24) is 9.21 Å². The lowest BCUT2D eigenvalue weighted by atomic mass is 9.97. The second-order valence-electron chi connectivity index (χ2n) is 12.0. The van der Waals surface area contributed by atoms with Crippen LogP contribution in [0.25, 0.3) is 11.1 Å². The Kier molecular flexibility index (Phi) is 11.0. The van der Waals surface area contributed by atoms with Gasteiger partial charge in [-0.2, -0.15) is 4.31 Å². The van der Waals surface area contributed by atoms with Gasteiger partial charge in [-0.1, -0.05) is 92.4 Å². The van der Waals surface area contributed by atoms with Crippen LogP contribution in [0.15, 0.2) is 77.7 Å². The van der Waals surface area contributed by atoms with Crippen LogP contribution in [0.4, 0.5) is 0 Å². The first-order valence-electron chi connectivity index (χ1n) is 15.4. The number of hydrogen-bond donors (Lipinski definition) is 0. The molecule has 0 unspecified atom stereocenters. The standard InChI is InChI=1S/C37H48N2O2S/c1-7-8-9-10-21-38-26-35(33-15-13-29(3)31(5)24-33)19-22-39(42(40,41)37-17-11-28(2)12-18-37)23-20-36(27-38)34-16-14-30(4)32(6)25-34/h11-20,24-25H,7-10,21-23,26-27H2,1-6H3/b35-19+,36-20+. The van der Waals surface area contributed by atoms with Crippen molar-refractivity contribution in [2.75, 3.05) is 32.7 Å². The molecule has 0 amide bonds. The summed E-state index contributed by atoms with van der Waals surface area (Å²) in [5, 5.41) is 0. The van der Waals surface area contributed by atoms with Gasteiger partial charge in [-0.05, 0) is 104 Å². The van der Waals surface area contributed by atoms with Gasteiger partial charge >= 0.3 is 0 Å². The molecule has 3 aromatic rings. The summed E-state index contributed by atoms with van der Waals surface area (Å²) in [6, 6.07) is 20.4. The Hall–Kier alpha value is -2.99. The zero-order chi connectivity index (χ0) is 30.3. The van der Waals surface area contributed by atoms with E-state index in [-0.39, 0.29) is 0 Å². The maximum atomic E-state index is 14.0. The maximum absolute atomic E-state index is 14.0. The number of sulfonamides is 1. The van der Waals surface area contributed by atoms with E-state index >= 15 is 0 Å². The molecule has 1 heterocycles. The Balaban J connectivity index is 1.79. The highest BCUT2D eigenvalue weighted by atomic mass is 32.2. The van der Waals surface area contributed by atoms with Crippen molar-refractivity contribution in [2.45, 2.75) is 72.1 Å². The summed E-state index contributed by atoms with van der Waals surface area (Å²) in [6.07, 6.45) is 9.13. The highest BCUT2D eigenvalue weighted by Crippen LogP contribution is 2.27. The first-order chi connectivity index (χ1) is 20.1. The van der Waals surface area contributed by atoms with Gasteiger partial charge in [-0.3, -0.25) is 4.90 Å². The molecule has 1 aliphatic rings. The van der Waals surface area contributed by atoms with Crippen molar-refractivity contribution in [3.05, 3.63) is 112 Å². The van der Waals surface area contributed by atoms with Crippen LogP contribution in [0.1, 0.15) is 71.6 Å². The SMILES string of the molecule is CCCCCCN1C/C(c2ccc(C)c(C)c2)=C\CN(S(=O)(=O)c2ccc(C)cc2)C/C=C(/c2ccc(C)c(C)c2)C1. The van der Waals surface area contributed by atoms with Crippen LogP contribution in [0.3, 0.4) is 0 Å². The van der Waals surface area contributed by atoms with Gasteiger partial charge in [0.05, 0.1) is 4.90 Å². The molecule has 0 saturated carbocycles. The third kappa shape index (κ3) is 8.09. The zero-order valence-corrected chi connectivity index (χ0v) is 27.2. The van der Waals surface area contributed by atoms with Crippen LogP contribution in [0.2, 0.25) is 0 Å².